The summed E-state index contributed by atoms with van der Waals surface area (Å²) in [5.74, 6) is -1.02. The lowest BCUT2D eigenvalue weighted by molar-refractivity contribution is -0.137. The number of ether oxygens (including phenoxy) is 3. The summed E-state index contributed by atoms with van der Waals surface area (Å²) in [5.41, 5.74) is 0.989. The van der Waals surface area contributed by atoms with E-state index in [9.17, 15) is 18.4 Å². The summed E-state index contributed by atoms with van der Waals surface area (Å²) in [4.78, 5) is 27.5. The third-order valence-electron chi connectivity index (χ3n) is 4.32. The monoisotopic (exact) mass is 404 g/mol. The Bertz CT molecular complexity index is 800. The third-order valence-corrected chi connectivity index (χ3v) is 4.60. The fourth-order valence-electron chi connectivity index (χ4n) is 2.92. The Morgan fingerprint density at radius 2 is 1.89 bits per heavy atom. The van der Waals surface area contributed by atoms with E-state index in [2.05, 4.69) is 4.74 Å². The molecular formula is C17H19ClF2N2O5. The molecule has 0 saturated heterocycles. The molecule has 0 aromatic heterocycles. The minimum absolute atomic E-state index is 0.0561. The van der Waals surface area contributed by atoms with Gasteiger partial charge >= 0.3 is 18.6 Å². The molecule has 1 atom stereocenters. The summed E-state index contributed by atoms with van der Waals surface area (Å²) < 4.78 is 39.6. The molecule has 148 valence electrons. The van der Waals surface area contributed by atoms with Gasteiger partial charge in [-0.3, -0.25) is 0 Å². The highest BCUT2D eigenvalue weighted by molar-refractivity contribution is 6.32. The van der Waals surface area contributed by atoms with E-state index in [-0.39, 0.29) is 28.1 Å². The molecule has 0 radical (unpaired) electrons. The molecule has 27 heavy (non-hydrogen) atoms. The number of carbonyl (C=O) groups excluding carboxylic acids is 2. The van der Waals surface area contributed by atoms with Gasteiger partial charge in [-0.1, -0.05) is 11.6 Å². The van der Waals surface area contributed by atoms with Crippen LogP contribution in [0, 0.1) is 0 Å². The fourth-order valence-corrected chi connectivity index (χ4v) is 3.19. The highest BCUT2D eigenvalue weighted by Crippen LogP contribution is 2.43. The average Bonchev–Trinajstić information content (AvgIpc) is 2.63. The maximum absolute atomic E-state index is 12.6. The molecule has 2 rings (SSSR count). The zero-order valence-electron chi connectivity index (χ0n) is 15.4. The van der Waals surface area contributed by atoms with E-state index in [1.54, 1.807) is 6.92 Å². The number of urea groups is 1. The van der Waals surface area contributed by atoms with E-state index in [1.165, 1.54) is 50.2 Å². The summed E-state index contributed by atoms with van der Waals surface area (Å²) in [7, 11) is 5.52. The summed E-state index contributed by atoms with van der Waals surface area (Å²) in [6.45, 7) is -1.49. The van der Waals surface area contributed by atoms with Gasteiger partial charge in [-0.05, 0) is 24.6 Å². The number of carbonyl (C=O) groups is 2. The Labute approximate surface area is 160 Å². The number of rotatable bonds is 5. The number of hydrogen-bond donors (Lipinski definition) is 0. The topological polar surface area (TPSA) is 68.3 Å². The molecule has 7 nitrogen and oxygen atoms in total. The SMILES string of the molecule is COC(=O)C1=C(C)N(C)C(=O)N(C)[C@@H]1c1cc(Cl)c(OC(F)F)c(OC)c1. The second kappa shape index (κ2) is 7.99. The Balaban J connectivity index is 2.68. The standard InChI is InChI=1S/C17H19ClF2N2O5/c1-8-12(15(23)26-5)13(22(3)17(24)21(8)2)9-6-10(18)14(27-16(19)20)11(7-9)25-4/h6-7,13,16H,1-5H3/t13-/m1/s1. The quantitative estimate of drug-likeness (QED) is 0.703. The van der Waals surface area contributed by atoms with Gasteiger partial charge in [0.25, 0.3) is 0 Å². The van der Waals surface area contributed by atoms with Crippen LogP contribution in [-0.2, 0) is 9.53 Å². The normalized spacial score (nSPS) is 17.5. The number of hydrogen-bond acceptors (Lipinski definition) is 5. The molecule has 10 heteroatoms. The van der Waals surface area contributed by atoms with E-state index >= 15 is 0 Å². The highest BCUT2D eigenvalue weighted by atomic mass is 35.5. The van der Waals surface area contributed by atoms with E-state index < -0.39 is 18.6 Å². The predicted molar refractivity (Wildman–Crippen MR) is 93.0 cm³/mol. The second-order valence-electron chi connectivity index (χ2n) is 5.76. The van der Waals surface area contributed by atoms with Gasteiger partial charge in [-0.2, -0.15) is 8.78 Å². The lowest BCUT2D eigenvalue weighted by Crippen LogP contribution is -2.47. The fraction of sp³-hybridized carbons (Fsp3) is 0.412. The van der Waals surface area contributed by atoms with Gasteiger partial charge in [0, 0.05) is 19.8 Å². The molecule has 0 aliphatic carbocycles. The molecule has 2 amide bonds. The van der Waals surface area contributed by atoms with E-state index in [1.807, 2.05) is 0 Å². The van der Waals surface area contributed by atoms with Crippen molar-refractivity contribution in [2.24, 2.45) is 0 Å². The minimum Gasteiger partial charge on any atom is -0.493 e. The maximum Gasteiger partial charge on any atom is 0.387 e. The van der Waals surface area contributed by atoms with Crippen LogP contribution in [0.5, 0.6) is 11.5 Å². The van der Waals surface area contributed by atoms with Crippen LogP contribution in [-0.4, -0.2) is 56.7 Å². The van der Waals surface area contributed by atoms with Crippen LogP contribution in [0.1, 0.15) is 18.5 Å². The summed E-state index contributed by atoms with van der Waals surface area (Å²) in [6.07, 6.45) is 0. The number of nitrogens with zero attached hydrogens (tertiary/aromatic N) is 2. The van der Waals surface area contributed by atoms with Crippen LogP contribution < -0.4 is 9.47 Å². The molecule has 1 aliphatic heterocycles. The first-order chi connectivity index (χ1) is 12.6. The van der Waals surface area contributed by atoms with Gasteiger partial charge in [-0.25, -0.2) is 9.59 Å². The summed E-state index contributed by atoms with van der Waals surface area (Å²) in [5, 5.41) is -0.147. The summed E-state index contributed by atoms with van der Waals surface area (Å²) in [6, 6.07) is 1.51. The van der Waals surface area contributed by atoms with Crippen molar-refractivity contribution in [2.45, 2.75) is 19.6 Å². The lowest BCUT2D eigenvalue weighted by Gasteiger charge is -2.39. The Hall–Kier alpha value is -2.55. The van der Waals surface area contributed by atoms with Crippen LogP contribution in [0.15, 0.2) is 23.4 Å². The number of amides is 2. The van der Waals surface area contributed by atoms with Crippen LogP contribution >= 0.6 is 11.6 Å². The molecule has 0 N–H and O–H groups in total. The number of likely N-dealkylation sites (N-methyl/N-ethyl adjacent to an activating group) is 1. The number of allylic oxidation sites excluding steroid dienone is 1. The van der Waals surface area contributed by atoms with Crippen molar-refractivity contribution in [3.63, 3.8) is 0 Å². The molecule has 1 aromatic carbocycles. The Morgan fingerprint density at radius 1 is 1.26 bits per heavy atom. The van der Waals surface area contributed by atoms with Crippen molar-refractivity contribution in [1.29, 1.82) is 0 Å². The smallest absolute Gasteiger partial charge is 0.387 e. The Morgan fingerprint density at radius 3 is 2.41 bits per heavy atom. The summed E-state index contributed by atoms with van der Waals surface area (Å²) >= 11 is 6.10. The van der Waals surface area contributed by atoms with Gasteiger partial charge in [-0.15, -0.1) is 0 Å². The molecule has 0 unspecified atom stereocenters. The van der Waals surface area contributed by atoms with Crippen molar-refractivity contribution in [1.82, 2.24) is 9.80 Å². The number of benzene rings is 1. The van der Waals surface area contributed by atoms with Gasteiger partial charge < -0.3 is 24.0 Å². The lowest BCUT2D eigenvalue weighted by atomic mass is 9.93. The molecule has 0 fully saturated rings. The molecule has 1 aliphatic rings. The van der Waals surface area contributed by atoms with Crippen molar-refractivity contribution < 1.29 is 32.6 Å². The molecular weight excluding hydrogens is 386 g/mol. The first kappa shape index (κ1) is 20.8. The van der Waals surface area contributed by atoms with Gasteiger partial charge in [0.15, 0.2) is 11.5 Å². The largest absolute Gasteiger partial charge is 0.493 e. The average molecular weight is 405 g/mol. The molecule has 0 spiro atoms. The van der Waals surface area contributed by atoms with E-state index in [0.29, 0.717) is 11.3 Å². The zero-order valence-corrected chi connectivity index (χ0v) is 16.1. The predicted octanol–water partition coefficient (Wildman–Crippen LogP) is 3.44. The van der Waals surface area contributed by atoms with Gasteiger partial charge in [0.1, 0.15) is 0 Å². The van der Waals surface area contributed by atoms with Crippen molar-refractivity contribution in [3.8, 4) is 11.5 Å². The van der Waals surface area contributed by atoms with Gasteiger partial charge in [0.2, 0.25) is 0 Å². The van der Waals surface area contributed by atoms with Crippen LogP contribution in [0.4, 0.5) is 13.6 Å². The molecule has 0 bridgehead atoms. The third kappa shape index (κ3) is 3.78. The van der Waals surface area contributed by atoms with Crippen LogP contribution in [0.2, 0.25) is 5.02 Å². The van der Waals surface area contributed by atoms with Crippen LogP contribution in [0.3, 0.4) is 0 Å². The highest BCUT2D eigenvalue weighted by Gasteiger charge is 2.39. The van der Waals surface area contributed by atoms with Crippen LogP contribution in [0.25, 0.3) is 0 Å². The molecule has 1 heterocycles. The Kier molecular flexibility index (Phi) is 6.15. The van der Waals surface area contributed by atoms with Crippen molar-refractivity contribution in [3.05, 3.63) is 34.0 Å². The molecule has 0 saturated carbocycles. The number of alkyl halides is 2. The van der Waals surface area contributed by atoms with Gasteiger partial charge in [0.05, 0.1) is 30.9 Å². The number of halogens is 3. The maximum atomic E-state index is 12.6. The first-order valence-electron chi connectivity index (χ1n) is 7.75. The van der Waals surface area contributed by atoms with Crippen molar-refractivity contribution >= 4 is 23.6 Å². The minimum atomic E-state index is -3.09. The van der Waals surface area contributed by atoms with Crippen molar-refractivity contribution in [2.75, 3.05) is 28.3 Å². The molecule has 1 aromatic rings. The first-order valence-corrected chi connectivity index (χ1v) is 8.13. The van der Waals surface area contributed by atoms with E-state index in [0.717, 1.165) is 0 Å². The number of esters is 1. The zero-order chi connectivity index (χ0) is 20.5. The number of methoxy groups -OCH3 is 2. The van der Waals surface area contributed by atoms with E-state index in [4.69, 9.17) is 21.1 Å². The second-order valence-corrected chi connectivity index (χ2v) is 6.17.